The Kier molecular flexibility index (Phi) is 9.99. The minimum Gasteiger partial charge on any atom is -0.508 e. The van der Waals surface area contributed by atoms with E-state index in [4.69, 9.17) is 9.47 Å². The summed E-state index contributed by atoms with van der Waals surface area (Å²) < 4.78 is 12.0. The first-order chi connectivity index (χ1) is 14.6. The van der Waals surface area contributed by atoms with Crippen LogP contribution in [0, 0.1) is 0 Å². The molecular formula is C26H34O4. The number of benzene rings is 2. The van der Waals surface area contributed by atoms with Gasteiger partial charge in [0.15, 0.2) is 5.78 Å². The number of ether oxygens (including phenoxy) is 2. The molecule has 0 heterocycles. The number of phenolic OH excluding ortho intramolecular Hbond substituents is 1. The van der Waals surface area contributed by atoms with Gasteiger partial charge in [-0.2, -0.15) is 0 Å². The highest BCUT2D eigenvalue weighted by Gasteiger charge is 2.12. The summed E-state index contributed by atoms with van der Waals surface area (Å²) in [5.41, 5.74) is 2.59. The van der Waals surface area contributed by atoms with Crippen LogP contribution in [0.2, 0.25) is 0 Å². The fraction of sp³-hybridized carbons (Fsp3) is 0.423. The molecule has 0 radical (unpaired) electrons. The summed E-state index contributed by atoms with van der Waals surface area (Å²) in [5, 5.41) is 9.42. The molecule has 0 aliphatic rings. The number of rotatable bonds is 13. The summed E-state index contributed by atoms with van der Waals surface area (Å²) in [7, 11) is 0. The van der Waals surface area contributed by atoms with Gasteiger partial charge in [0.2, 0.25) is 0 Å². The van der Waals surface area contributed by atoms with E-state index in [0.29, 0.717) is 18.8 Å². The van der Waals surface area contributed by atoms with Gasteiger partial charge in [0.1, 0.15) is 17.2 Å². The molecule has 2 rings (SSSR count). The Bertz CT molecular complexity index is 822. The smallest absolute Gasteiger partial charge is 0.185 e. The number of hydrogen-bond donors (Lipinski definition) is 1. The molecule has 0 amide bonds. The first kappa shape index (κ1) is 23.5. The van der Waals surface area contributed by atoms with Crippen molar-refractivity contribution in [1.29, 1.82) is 0 Å². The van der Waals surface area contributed by atoms with Gasteiger partial charge < -0.3 is 14.6 Å². The van der Waals surface area contributed by atoms with Crippen molar-refractivity contribution in [2.45, 2.75) is 59.3 Å². The van der Waals surface area contributed by atoms with Gasteiger partial charge in [0.25, 0.3) is 0 Å². The maximum atomic E-state index is 12.6. The number of carbonyl (C=O) groups excluding carboxylic acids is 1. The van der Waals surface area contributed by atoms with Gasteiger partial charge in [0.05, 0.1) is 13.2 Å². The summed E-state index contributed by atoms with van der Waals surface area (Å²) in [4.78, 5) is 12.6. The highest BCUT2D eigenvalue weighted by molar-refractivity contribution is 6.07. The van der Waals surface area contributed by atoms with Crippen molar-refractivity contribution in [2.24, 2.45) is 0 Å². The number of ketones is 1. The largest absolute Gasteiger partial charge is 0.508 e. The third kappa shape index (κ3) is 7.25. The van der Waals surface area contributed by atoms with Crippen LogP contribution in [0.4, 0.5) is 0 Å². The van der Waals surface area contributed by atoms with Crippen molar-refractivity contribution < 1.29 is 19.4 Å². The number of aromatic hydroxyl groups is 1. The fourth-order valence-electron chi connectivity index (χ4n) is 3.07. The van der Waals surface area contributed by atoms with Gasteiger partial charge in [-0.3, -0.25) is 4.79 Å². The Morgan fingerprint density at radius 2 is 1.60 bits per heavy atom. The predicted octanol–water partition coefficient (Wildman–Crippen LogP) is 6.60. The lowest BCUT2D eigenvalue weighted by atomic mass is 9.99. The van der Waals surface area contributed by atoms with E-state index in [9.17, 15) is 9.90 Å². The van der Waals surface area contributed by atoms with Crippen LogP contribution in [0.15, 0.2) is 42.5 Å². The second kappa shape index (κ2) is 12.7. The Labute approximate surface area is 180 Å². The third-order valence-electron chi connectivity index (χ3n) is 4.81. The summed E-state index contributed by atoms with van der Waals surface area (Å²) >= 11 is 0. The molecule has 0 aliphatic heterocycles. The van der Waals surface area contributed by atoms with Crippen molar-refractivity contribution >= 4 is 11.9 Å². The second-order valence-corrected chi connectivity index (χ2v) is 7.39. The van der Waals surface area contributed by atoms with Crippen LogP contribution in [0.1, 0.15) is 74.4 Å². The zero-order valence-corrected chi connectivity index (χ0v) is 18.4. The molecule has 0 spiro atoms. The van der Waals surface area contributed by atoms with E-state index in [1.54, 1.807) is 18.2 Å². The molecule has 30 heavy (non-hydrogen) atoms. The molecule has 4 heteroatoms. The van der Waals surface area contributed by atoms with Gasteiger partial charge in [-0.25, -0.2) is 0 Å². The maximum absolute atomic E-state index is 12.6. The van der Waals surface area contributed by atoms with Crippen molar-refractivity contribution in [1.82, 2.24) is 0 Å². The first-order valence-electron chi connectivity index (χ1n) is 11.0. The summed E-state index contributed by atoms with van der Waals surface area (Å²) in [6, 6.07) is 10.3. The lowest BCUT2D eigenvalue weighted by Gasteiger charge is -2.16. The molecule has 0 unspecified atom stereocenters. The molecule has 0 fully saturated rings. The number of unbranched alkanes of at least 4 members (excludes halogenated alkanes) is 2. The van der Waals surface area contributed by atoms with Crippen LogP contribution in [0.3, 0.4) is 0 Å². The van der Waals surface area contributed by atoms with Crippen LogP contribution in [-0.2, 0) is 6.42 Å². The van der Waals surface area contributed by atoms with Gasteiger partial charge in [-0.15, -0.1) is 0 Å². The molecule has 0 aromatic heterocycles. The van der Waals surface area contributed by atoms with Crippen LogP contribution in [0.5, 0.6) is 17.2 Å². The molecule has 2 aromatic carbocycles. The van der Waals surface area contributed by atoms with Crippen LogP contribution < -0.4 is 9.47 Å². The standard InChI is InChI=1S/C26H34O4/c1-4-7-16-29-23-18-21(12-15-25(28)20-10-13-22(27)14-11-20)24(9-6-3)26(19-23)30-17-8-5-2/h10-15,18-19,27H,4-9,16-17H2,1-3H3. The van der Waals surface area contributed by atoms with Crippen molar-refractivity contribution in [3.63, 3.8) is 0 Å². The van der Waals surface area contributed by atoms with Crippen LogP contribution >= 0.6 is 0 Å². The average Bonchev–Trinajstić information content (AvgIpc) is 2.74. The topological polar surface area (TPSA) is 55.8 Å². The molecule has 2 aromatic rings. The summed E-state index contributed by atoms with van der Waals surface area (Å²) in [6.07, 6.45) is 9.40. The van der Waals surface area contributed by atoms with E-state index in [2.05, 4.69) is 20.8 Å². The quantitative estimate of drug-likeness (QED) is 0.230. The van der Waals surface area contributed by atoms with Crippen molar-refractivity contribution in [2.75, 3.05) is 13.2 Å². The molecule has 162 valence electrons. The SMILES string of the molecule is CCCCOc1cc(C=CC(=O)c2ccc(O)cc2)c(CCC)c(OCCCC)c1. The second-order valence-electron chi connectivity index (χ2n) is 7.39. The number of allylic oxidation sites excluding steroid dienone is 1. The van der Waals surface area contributed by atoms with E-state index in [-0.39, 0.29) is 11.5 Å². The summed E-state index contributed by atoms with van der Waals surface area (Å²) in [6.45, 7) is 7.74. The van der Waals surface area contributed by atoms with Gasteiger partial charge >= 0.3 is 0 Å². The molecular weight excluding hydrogens is 376 g/mol. The van der Waals surface area contributed by atoms with E-state index in [1.165, 1.54) is 12.1 Å². The minimum atomic E-state index is -0.108. The number of phenols is 1. The Morgan fingerprint density at radius 3 is 2.23 bits per heavy atom. The molecule has 0 aliphatic carbocycles. The zero-order chi connectivity index (χ0) is 21.8. The number of hydrogen-bond acceptors (Lipinski definition) is 4. The molecule has 0 saturated heterocycles. The zero-order valence-electron chi connectivity index (χ0n) is 18.4. The molecule has 4 nitrogen and oxygen atoms in total. The highest BCUT2D eigenvalue weighted by Crippen LogP contribution is 2.32. The van der Waals surface area contributed by atoms with E-state index in [1.807, 2.05) is 18.2 Å². The third-order valence-corrected chi connectivity index (χ3v) is 4.81. The summed E-state index contributed by atoms with van der Waals surface area (Å²) in [5.74, 6) is 1.65. The monoisotopic (exact) mass is 410 g/mol. The van der Waals surface area contributed by atoms with Crippen LogP contribution in [0.25, 0.3) is 6.08 Å². The molecule has 0 saturated carbocycles. The normalized spacial score (nSPS) is 11.0. The Hall–Kier alpha value is -2.75. The highest BCUT2D eigenvalue weighted by atomic mass is 16.5. The van der Waals surface area contributed by atoms with E-state index >= 15 is 0 Å². The molecule has 0 atom stereocenters. The molecule has 0 bridgehead atoms. The minimum absolute atomic E-state index is 0.108. The van der Waals surface area contributed by atoms with Gasteiger partial charge in [-0.05, 0) is 61.2 Å². The van der Waals surface area contributed by atoms with Crippen molar-refractivity contribution in [3.8, 4) is 17.2 Å². The van der Waals surface area contributed by atoms with E-state index in [0.717, 1.165) is 61.2 Å². The maximum Gasteiger partial charge on any atom is 0.185 e. The lowest BCUT2D eigenvalue weighted by Crippen LogP contribution is -2.04. The van der Waals surface area contributed by atoms with Crippen molar-refractivity contribution in [3.05, 3.63) is 59.2 Å². The first-order valence-corrected chi connectivity index (χ1v) is 11.0. The fourth-order valence-corrected chi connectivity index (χ4v) is 3.07. The Balaban J connectivity index is 2.34. The number of carbonyl (C=O) groups is 1. The van der Waals surface area contributed by atoms with Crippen LogP contribution in [-0.4, -0.2) is 24.1 Å². The van der Waals surface area contributed by atoms with Gasteiger partial charge in [-0.1, -0.05) is 46.1 Å². The molecule has 1 N–H and O–H groups in total. The van der Waals surface area contributed by atoms with Gasteiger partial charge in [0, 0.05) is 17.2 Å². The predicted molar refractivity (Wildman–Crippen MR) is 123 cm³/mol. The average molecular weight is 411 g/mol. The Morgan fingerprint density at radius 1 is 0.933 bits per heavy atom. The van der Waals surface area contributed by atoms with E-state index < -0.39 is 0 Å². The lowest BCUT2D eigenvalue weighted by molar-refractivity contribution is 0.104.